The molecule has 2 rings (SSSR count). The van der Waals surface area contributed by atoms with E-state index in [2.05, 4.69) is 0 Å². The molecule has 0 saturated heterocycles. The Balaban J connectivity index is 2.57. The van der Waals surface area contributed by atoms with Crippen molar-refractivity contribution >= 4 is 27.4 Å². The lowest BCUT2D eigenvalue weighted by Gasteiger charge is -2.08. The van der Waals surface area contributed by atoms with Crippen LogP contribution in [0.4, 0.5) is 0 Å². The van der Waals surface area contributed by atoms with E-state index in [1.807, 2.05) is 6.92 Å². The summed E-state index contributed by atoms with van der Waals surface area (Å²) in [6, 6.07) is 5.25. The van der Waals surface area contributed by atoms with Gasteiger partial charge in [-0.25, -0.2) is 4.79 Å². The molecule has 1 heterocycles. The monoisotopic (exact) mass is 252 g/mol. The lowest BCUT2D eigenvalue weighted by atomic mass is 10.2. The van der Waals surface area contributed by atoms with E-state index in [9.17, 15) is 4.79 Å². The molecule has 0 aliphatic rings. The standard InChI is InChI=1S/C12H12O4S/c1-3-16-9-4-7-5-11(12(13)14)17-10(7)6-8(9)15-2/h4-6H,3H2,1-2H3,(H,13,14). The van der Waals surface area contributed by atoms with E-state index >= 15 is 0 Å². The van der Waals surface area contributed by atoms with Crippen molar-refractivity contribution in [3.05, 3.63) is 23.1 Å². The lowest BCUT2D eigenvalue weighted by molar-refractivity contribution is 0.0702. The van der Waals surface area contributed by atoms with Gasteiger partial charge in [0.15, 0.2) is 11.5 Å². The summed E-state index contributed by atoms with van der Waals surface area (Å²) in [5.74, 6) is 0.346. The molecule has 1 aromatic carbocycles. The van der Waals surface area contributed by atoms with Gasteiger partial charge in [-0.05, 0) is 24.4 Å². The highest BCUT2D eigenvalue weighted by atomic mass is 32.1. The molecule has 0 saturated carbocycles. The minimum atomic E-state index is -0.914. The maximum Gasteiger partial charge on any atom is 0.345 e. The molecular formula is C12H12O4S. The maximum atomic E-state index is 10.9. The Bertz CT molecular complexity index is 559. The molecule has 0 unspecified atom stereocenters. The van der Waals surface area contributed by atoms with Crippen LogP contribution in [0.3, 0.4) is 0 Å². The molecule has 0 radical (unpaired) electrons. The molecule has 0 spiro atoms. The fourth-order valence-corrected chi connectivity index (χ4v) is 2.49. The van der Waals surface area contributed by atoms with Crippen molar-refractivity contribution in [1.82, 2.24) is 0 Å². The van der Waals surface area contributed by atoms with Gasteiger partial charge in [0.2, 0.25) is 0 Å². The number of rotatable bonds is 4. The predicted octanol–water partition coefficient (Wildman–Crippen LogP) is 3.01. The first-order chi connectivity index (χ1) is 8.15. The number of hydrogen-bond donors (Lipinski definition) is 1. The molecule has 17 heavy (non-hydrogen) atoms. The average Bonchev–Trinajstić information content (AvgIpc) is 2.71. The second-order valence-electron chi connectivity index (χ2n) is 3.39. The van der Waals surface area contributed by atoms with Crippen molar-refractivity contribution < 1.29 is 19.4 Å². The number of carboxylic acid groups (broad SMARTS) is 1. The van der Waals surface area contributed by atoms with Crippen LogP contribution in [0.25, 0.3) is 10.1 Å². The summed E-state index contributed by atoms with van der Waals surface area (Å²) in [6.45, 7) is 2.43. The van der Waals surface area contributed by atoms with Gasteiger partial charge in [0.05, 0.1) is 13.7 Å². The zero-order valence-corrected chi connectivity index (χ0v) is 10.3. The number of thiophene rings is 1. The summed E-state index contributed by atoms with van der Waals surface area (Å²) in [5, 5.41) is 9.79. The van der Waals surface area contributed by atoms with Crippen molar-refractivity contribution in [3.8, 4) is 11.5 Å². The maximum absolute atomic E-state index is 10.9. The molecule has 2 aromatic rings. The van der Waals surface area contributed by atoms with E-state index in [1.165, 1.54) is 11.3 Å². The van der Waals surface area contributed by atoms with Crippen LogP contribution < -0.4 is 9.47 Å². The van der Waals surface area contributed by atoms with Gasteiger partial charge in [0.1, 0.15) is 4.88 Å². The SMILES string of the molecule is CCOc1cc2cc(C(=O)O)sc2cc1OC. The number of carboxylic acids is 1. The molecule has 0 aliphatic carbocycles. The van der Waals surface area contributed by atoms with Gasteiger partial charge in [0, 0.05) is 10.8 Å². The van der Waals surface area contributed by atoms with Crippen molar-refractivity contribution in [2.75, 3.05) is 13.7 Å². The normalized spacial score (nSPS) is 10.5. The van der Waals surface area contributed by atoms with Gasteiger partial charge in [-0.1, -0.05) is 0 Å². The molecule has 1 aromatic heterocycles. The Morgan fingerprint density at radius 2 is 2.12 bits per heavy atom. The van der Waals surface area contributed by atoms with Crippen LogP contribution in [0.1, 0.15) is 16.6 Å². The second kappa shape index (κ2) is 4.63. The van der Waals surface area contributed by atoms with Gasteiger partial charge >= 0.3 is 5.97 Å². The fourth-order valence-electron chi connectivity index (χ4n) is 1.58. The summed E-state index contributed by atoms with van der Waals surface area (Å²) in [5.41, 5.74) is 0. The highest BCUT2D eigenvalue weighted by Gasteiger charge is 2.12. The van der Waals surface area contributed by atoms with Crippen LogP contribution in [-0.4, -0.2) is 24.8 Å². The van der Waals surface area contributed by atoms with E-state index in [0.717, 1.165) is 10.1 Å². The Morgan fingerprint density at radius 1 is 1.35 bits per heavy atom. The zero-order chi connectivity index (χ0) is 12.4. The summed E-state index contributed by atoms with van der Waals surface area (Å²) >= 11 is 1.23. The highest BCUT2D eigenvalue weighted by Crippen LogP contribution is 2.36. The average molecular weight is 252 g/mol. The third-order valence-corrected chi connectivity index (χ3v) is 3.40. The van der Waals surface area contributed by atoms with E-state index in [0.29, 0.717) is 23.0 Å². The van der Waals surface area contributed by atoms with Crippen LogP contribution in [0.15, 0.2) is 18.2 Å². The van der Waals surface area contributed by atoms with Crippen molar-refractivity contribution in [1.29, 1.82) is 0 Å². The topological polar surface area (TPSA) is 55.8 Å². The van der Waals surface area contributed by atoms with E-state index in [4.69, 9.17) is 14.6 Å². The van der Waals surface area contributed by atoms with Crippen LogP contribution in [0.2, 0.25) is 0 Å². The summed E-state index contributed by atoms with van der Waals surface area (Å²) in [6.07, 6.45) is 0. The largest absolute Gasteiger partial charge is 0.493 e. The second-order valence-corrected chi connectivity index (χ2v) is 4.47. The number of ether oxygens (including phenoxy) is 2. The minimum Gasteiger partial charge on any atom is -0.493 e. The Hall–Kier alpha value is -1.75. The minimum absolute atomic E-state index is 0.315. The molecule has 90 valence electrons. The first-order valence-corrected chi connectivity index (χ1v) is 5.95. The lowest BCUT2D eigenvalue weighted by Crippen LogP contribution is -1.94. The quantitative estimate of drug-likeness (QED) is 0.908. The molecule has 4 nitrogen and oxygen atoms in total. The van der Waals surface area contributed by atoms with Crippen molar-refractivity contribution in [2.24, 2.45) is 0 Å². The molecule has 0 aliphatic heterocycles. The van der Waals surface area contributed by atoms with Crippen LogP contribution >= 0.6 is 11.3 Å². The molecule has 0 fully saturated rings. The zero-order valence-electron chi connectivity index (χ0n) is 9.52. The van der Waals surface area contributed by atoms with Gasteiger partial charge in [0.25, 0.3) is 0 Å². The Morgan fingerprint density at radius 3 is 2.71 bits per heavy atom. The number of methoxy groups -OCH3 is 1. The van der Waals surface area contributed by atoms with Gasteiger partial charge in [-0.3, -0.25) is 0 Å². The molecular weight excluding hydrogens is 240 g/mol. The van der Waals surface area contributed by atoms with Crippen LogP contribution in [0, 0.1) is 0 Å². The van der Waals surface area contributed by atoms with Gasteiger partial charge in [-0.15, -0.1) is 11.3 Å². The summed E-state index contributed by atoms with van der Waals surface area (Å²) in [7, 11) is 1.56. The van der Waals surface area contributed by atoms with E-state index in [-0.39, 0.29) is 0 Å². The molecule has 1 N–H and O–H groups in total. The summed E-state index contributed by atoms with van der Waals surface area (Å²) in [4.78, 5) is 11.2. The molecule has 0 atom stereocenters. The third kappa shape index (κ3) is 2.19. The number of hydrogen-bond acceptors (Lipinski definition) is 4. The van der Waals surface area contributed by atoms with Crippen molar-refractivity contribution in [3.63, 3.8) is 0 Å². The van der Waals surface area contributed by atoms with Gasteiger partial charge in [-0.2, -0.15) is 0 Å². The number of carbonyl (C=O) groups is 1. The van der Waals surface area contributed by atoms with Crippen LogP contribution in [-0.2, 0) is 0 Å². The van der Waals surface area contributed by atoms with E-state index < -0.39 is 5.97 Å². The first kappa shape index (κ1) is 11.7. The molecule has 0 amide bonds. The van der Waals surface area contributed by atoms with Crippen molar-refractivity contribution in [2.45, 2.75) is 6.92 Å². The summed E-state index contributed by atoms with van der Waals surface area (Å²) < 4.78 is 11.5. The Kier molecular flexibility index (Phi) is 3.19. The smallest absolute Gasteiger partial charge is 0.345 e. The first-order valence-electron chi connectivity index (χ1n) is 5.13. The van der Waals surface area contributed by atoms with Crippen LogP contribution in [0.5, 0.6) is 11.5 Å². The molecule has 5 heteroatoms. The Labute approximate surface area is 102 Å². The third-order valence-electron chi connectivity index (χ3n) is 2.31. The number of benzene rings is 1. The van der Waals surface area contributed by atoms with E-state index in [1.54, 1.807) is 25.3 Å². The predicted molar refractivity (Wildman–Crippen MR) is 66.5 cm³/mol. The number of aromatic carboxylic acids is 1. The highest BCUT2D eigenvalue weighted by molar-refractivity contribution is 7.20. The fraction of sp³-hybridized carbons (Fsp3) is 0.250. The number of fused-ring (bicyclic) bond motifs is 1. The van der Waals surface area contributed by atoms with Gasteiger partial charge < -0.3 is 14.6 Å². The molecule has 0 bridgehead atoms.